The number of imidazole rings is 1. The average Bonchev–Trinajstić information content (AvgIpc) is 2.89. The summed E-state index contributed by atoms with van der Waals surface area (Å²) >= 11 is 0. The second-order valence-electron chi connectivity index (χ2n) is 6.74. The van der Waals surface area contributed by atoms with Crippen molar-refractivity contribution in [3.63, 3.8) is 0 Å². The Hall–Kier alpha value is -2.53. The first-order valence-electron chi connectivity index (χ1n) is 9.45. The molecule has 26 heavy (non-hydrogen) atoms. The smallest absolute Gasteiger partial charge is 0.300 e. The van der Waals surface area contributed by atoms with E-state index in [9.17, 15) is 0 Å². The molecule has 0 atom stereocenters. The van der Waals surface area contributed by atoms with Gasteiger partial charge < -0.3 is 14.5 Å². The number of para-hydroxylation sites is 2. The van der Waals surface area contributed by atoms with E-state index >= 15 is 0 Å². The van der Waals surface area contributed by atoms with Gasteiger partial charge in [0.25, 0.3) is 6.01 Å². The van der Waals surface area contributed by atoms with Crippen LogP contribution in [0.5, 0.6) is 17.5 Å². The molecule has 1 aromatic heterocycles. The Bertz CT molecular complexity index is 788. The Kier molecular flexibility index (Phi) is 5.36. The standard InChI is InChI=1S/C21H25N3O2/c1-2-6-14-24(13-5-1)15-16-25-17-9-11-18(12-10-17)26-21-22-19-7-3-4-8-20(19)23-21/h3-4,7-12H,1-2,5-6,13-16H2,(H,22,23). The van der Waals surface area contributed by atoms with Gasteiger partial charge in [-0.05, 0) is 62.3 Å². The molecule has 2 heterocycles. The summed E-state index contributed by atoms with van der Waals surface area (Å²) < 4.78 is 11.7. The third kappa shape index (κ3) is 4.35. The lowest BCUT2D eigenvalue weighted by Crippen LogP contribution is -2.29. The van der Waals surface area contributed by atoms with Crippen molar-refractivity contribution in [1.29, 1.82) is 0 Å². The SMILES string of the molecule is c1ccc2[nH]c(Oc3ccc(OCCN4CCCCCC4)cc3)nc2c1. The number of nitrogens with one attached hydrogen (secondary N) is 1. The topological polar surface area (TPSA) is 50.4 Å². The van der Waals surface area contributed by atoms with Gasteiger partial charge in [-0.15, -0.1) is 0 Å². The van der Waals surface area contributed by atoms with Crippen LogP contribution < -0.4 is 9.47 Å². The third-order valence-corrected chi connectivity index (χ3v) is 4.78. The van der Waals surface area contributed by atoms with E-state index in [4.69, 9.17) is 9.47 Å². The molecular weight excluding hydrogens is 326 g/mol. The van der Waals surface area contributed by atoms with Gasteiger partial charge in [0.1, 0.15) is 18.1 Å². The molecule has 136 valence electrons. The first-order chi connectivity index (χ1) is 12.9. The first kappa shape index (κ1) is 16.9. The summed E-state index contributed by atoms with van der Waals surface area (Å²) in [6.45, 7) is 4.13. The fourth-order valence-electron chi connectivity index (χ4n) is 3.35. The van der Waals surface area contributed by atoms with Crippen LogP contribution in [-0.2, 0) is 0 Å². The Morgan fingerprint density at radius 1 is 0.885 bits per heavy atom. The van der Waals surface area contributed by atoms with Crippen LogP contribution in [0.15, 0.2) is 48.5 Å². The largest absolute Gasteiger partial charge is 0.492 e. The molecule has 0 spiro atoms. The minimum Gasteiger partial charge on any atom is -0.492 e. The average molecular weight is 351 g/mol. The number of likely N-dealkylation sites (tertiary alicyclic amines) is 1. The zero-order valence-electron chi connectivity index (χ0n) is 15.0. The van der Waals surface area contributed by atoms with Gasteiger partial charge in [0.2, 0.25) is 0 Å². The minimum absolute atomic E-state index is 0.501. The number of benzene rings is 2. The van der Waals surface area contributed by atoms with E-state index in [1.54, 1.807) is 0 Å². The van der Waals surface area contributed by atoms with Crippen molar-refractivity contribution in [2.24, 2.45) is 0 Å². The van der Waals surface area contributed by atoms with Crippen molar-refractivity contribution in [2.75, 3.05) is 26.2 Å². The van der Waals surface area contributed by atoms with E-state index in [0.717, 1.165) is 35.7 Å². The maximum Gasteiger partial charge on any atom is 0.300 e. The molecule has 0 bridgehead atoms. The van der Waals surface area contributed by atoms with Crippen LogP contribution in [0.4, 0.5) is 0 Å². The number of nitrogens with zero attached hydrogens (tertiary/aromatic N) is 2. The molecule has 5 nitrogen and oxygen atoms in total. The lowest BCUT2D eigenvalue weighted by Gasteiger charge is -2.19. The molecule has 1 fully saturated rings. The highest BCUT2D eigenvalue weighted by atomic mass is 16.5. The predicted molar refractivity (Wildman–Crippen MR) is 103 cm³/mol. The highest BCUT2D eigenvalue weighted by Gasteiger charge is 2.09. The van der Waals surface area contributed by atoms with Crippen molar-refractivity contribution in [3.8, 4) is 17.5 Å². The Morgan fingerprint density at radius 3 is 2.38 bits per heavy atom. The van der Waals surface area contributed by atoms with Gasteiger partial charge in [-0.1, -0.05) is 25.0 Å². The van der Waals surface area contributed by atoms with Gasteiger partial charge in [0, 0.05) is 6.54 Å². The van der Waals surface area contributed by atoms with Crippen LogP contribution in [0.25, 0.3) is 11.0 Å². The summed E-state index contributed by atoms with van der Waals surface area (Å²) in [4.78, 5) is 10.1. The zero-order valence-corrected chi connectivity index (χ0v) is 15.0. The molecule has 1 aliphatic heterocycles. The van der Waals surface area contributed by atoms with Gasteiger partial charge >= 0.3 is 0 Å². The number of aromatic nitrogens is 2. The molecule has 0 radical (unpaired) electrons. The normalized spacial score (nSPS) is 15.7. The summed E-state index contributed by atoms with van der Waals surface area (Å²) in [6, 6.07) is 16.1. The van der Waals surface area contributed by atoms with Crippen LogP contribution in [0.2, 0.25) is 0 Å². The van der Waals surface area contributed by atoms with Crippen LogP contribution in [-0.4, -0.2) is 41.1 Å². The fraction of sp³-hybridized carbons (Fsp3) is 0.381. The molecule has 0 saturated carbocycles. The van der Waals surface area contributed by atoms with Gasteiger partial charge in [0.15, 0.2) is 0 Å². The van der Waals surface area contributed by atoms with Crippen molar-refractivity contribution >= 4 is 11.0 Å². The number of hydrogen-bond donors (Lipinski definition) is 1. The minimum atomic E-state index is 0.501. The number of fused-ring (bicyclic) bond motifs is 1. The van der Waals surface area contributed by atoms with E-state index in [1.807, 2.05) is 48.5 Å². The highest BCUT2D eigenvalue weighted by Crippen LogP contribution is 2.24. The van der Waals surface area contributed by atoms with Gasteiger partial charge in [-0.2, -0.15) is 4.98 Å². The summed E-state index contributed by atoms with van der Waals surface area (Å²) in [5.74, 6) is 1.61. The summed E-state index contributed by atoms with van der Waals surface area (Å²) in [7, 11) is 0. The summed E-state index contributed by atoms with van der Waals surface area (Å²) in [6.07, 6.45) is 5.36. The van der Waals surface area contributed by atoms with Crippen molar-refractivity contribution in [2.45, 2.75) is 25.7 Å². The van der Waals surface area contributed by atoms with E-state index in [0.29, 0.717) is 6.01 Å². The number of aromatic amines is 1. The molecule has 3 aromatic rings. The maximum atomic E-state index is 5.88. The quantitative estimate of drug-likeness (QED) is 0.704. The predicted octanol–water partition coefficient (Wildman–Crippen LogP) is 4.61. The second-order valence-corrected chi connectivity index (χ2v) is 6.74. The van der Waals surface area contributed by atoms with Crippen LogP contribution in [0.1, 0.15) is 25.7 Å². The van der Waals surface area contributed by atoms with Gasteiger partial charge in [0.05, 0.1) is 11.0 Å². The molecule has 1 N–H and O–H groups in total. The Balaban J connectivity index is 1.29. The number of hydrogen-bond acceptors (Lipinski definition) is 4. The van der Waals surface area contributed by atoms with Gasteiger partial charge in [-0.3, -0.25) is 4.90 Å². The Morgan fingerprint density at radius 2 is 1.62 bits per heavy atom. The lowest BCUT2D eigenvalue weighted by atomic mass is 10.2. The van der Waals surface area contributed by atoms with Crippen LogP contribution >= 0.6 is 0 Å². The molecule has 0 aliphatic carbocycles. The van der Waals surface area contributed by atoms with Crippen molar-refractivity contribution in [3.05, 3.63) is 48.5 Å². The number of rotatable bonds is 6. The number of ether oxygens (including phenoxy) is 2. The monoisotopic (exact) mass is 351 g/mol. The van der Waals surface area contributed by atoms with Crippen LogP contribution in [0.3, 0.4) is 0 Å². The number of H-pyrrole nitrogens is 1. The maximum absolute atomic E-state index is 5.88. The molecule has 1 saturated heterocycles. The fourth-order valence-corrected chi connectivity index (χ4v) is 3.35. The third-order valence-electron chi connectivity index (χ3n) is 4.78. The van der Waals surface area contributed by atoms with E-state index in [2.05, 4.69) is 14.9 Å². The van der Waals surface area contributed by atoms with Crippen molar-refractivity contribution < 1.29 is 9.47 Å². The summed E-state index contributed by atoms with van der Waals surface area (Å²) in [5.41, 5.74) is 1.87. The van der Waals surface area contributed by atoms with Crippen molar-refractivity contribution in [1.82, 2.24) is 14.9 Å². The second kappa shape index (κ2) is 8.23. The molecule has 0 amide bonds. The summed E-state index contributed by atoms with van der Waals surface area (Å²) in [5, 5.41) is 0. The lowest BCUT2D eigenvalue weighted by molar-refractivity contribution is 0.214. The van der Waals surface area contributed by atoms with E-state index in [-0.39, 0.29) is 0 Å². The Labute approximate surface area is 153 Å². The zero-order chi connectivity index (χ0) is 17.6. The van der Waals surface area contributed by atoms with Gasteiger partial charge in [-0.25, -0.2) is 0 Å². The molecule has 1 aliphatic rings. The molecule has 2 aromatic carbocycles. The first-order valence-corrected chi connectivity index (χ1v) is 9.45. The molecular formula is C21H25N3O2. The molecule has 4 rings (SSSR count). The van der Waals surface area contributed by atoms with E-state index in [1.165, 1.54) is 38.8 Å². The van der Waals surface area contributed by atoms with E-state index < -0.39 is 0 Å². The highest BCUT2D eigenvalue weighted by molar-refractivity contribution is 5.75. The molecule has 5 heteroatoms. The van der Waals surface area contributed by atoms with Crippen LogP contribution in [0, 0.1) is 0 Å². The molecule has 0 unspecified atom stereocenters.